The molecule has 0 radical (unpaired) electrons. The molecule has 0 bridgehead atoms. The lowest BCUT2D eigenvalue weighted by Crippen LogP contribution is -2.07. The molecule has 1 heterocycles. The summed E-state index contributed by atoms with van der Waals surface area (Å²) < 4.78 is 0.880. The van der Waals surface area contributed by atoms with E-state index in [-0.39, 0.29) is 5.41 Å². The van der Waals surface area contributed by atoms with Gasteiger partial charge >= 0.3 is 0 Å². The number of halogens is 1. The van der Waals surface area contributed by atoms with E-state index in [1.165, 1.54) is 4.88 Å². The molecule has 0 aromatic carbocycles. The minimum atomic E-state index is 0.248. The van der Waals surface area contributed by atoms with Gasteiger partial charge in [0.15, 0.2) is 0 Å². The summed E-state index contributed by atoms with van der Waals surface area (Å²) >= 11 is 7.45. The van der Waals surface area contributed by atoms with Crippen molar-refractivity contribution in [3.8, 4) is 0 Å². The van der Waals surface area contributed by atoms with Gasteiger partial charge in [-0.3, -0.25) is 0 Å². The molecule has 0 unspecified atom stereocenters. The molecule has 0 aliphatic heterocycles. The molecule has 0 saturated carbocycles. The number of rotatable bonds is 0. The van der Waals surface area contributed by atoms with Gasteiger partial charge in [0.1, 0.15) is 0 Å². The molecule has 0 spiro atoms. The third-order valence-corrected chi connectivity index (χ3v) is 2.97. The fourth-order valence-electron chi connectivity index (χ4n) is 0.717. The average Bonchev–Trinajstić information content (AvgIpc) is 2.11. The first-order valence-corrected chi connectivity index (χ1v) is 4.45. The normalized spacial score (nSPS) is 12.0. The van der Waals surface area contributed by atoms with Crippen molar-refractivity contribution >= 4 is 22.9 Å². The predicted molar refractivity (Wildman–Crippen MR) is 48.0 cm³/mol. The number of thiophene rings is 1. The fraction of sp³-hybridized carbons (Fsp3) is 0.500. The van der Waals surface area contributed by atoms with Gasteiger partial charge in [0.25, 0.3) is 0 Å². The summed E-state index contributed by atoms with van der Waals surface area (Å²) in [6, 6.07) is 4.04. The van der Waals surface area contributed by atoms with E-state index in [2.05, 4.69) is 26.8 Å². The Bertz CT molecular complexity index is 219. The number of hydrogen-bond donors (Lipinski definition) is 0. The van der Waals surface area contributed by atoms with E-state index in [0.29, 0.717) is 0 Å². The van der Waals surface area contributed by atoms with Crippen molar-refractivity contribution in [3.63, 3.8) is 0 Å². The molecule has 1 aromatic rings. The summed E-state index contributed by atoms with van der Waals surface area (Å²) in [7, 11) is 0. The molecule has 0 nitrogen and oxygen atoms in total. The Hall–Kier alpha value is -0.0100. The zero-order valence-corrected chi connectivity index (χ0v) is 8.01. The summed E-state index contributed by atoms with van der Waals surface area (Å²) in [6.45, 7) is 6.57. The minimum Gasteiger partial charge on any atom is -0.128 e. The first kappa shape index (κ1) is 8.09. The van der Waals surface area contributed by atoms with Crippen molar-refractivity contribution in [2.45, 2.75) is 26.2 Å². The van der Waals surface area contributed by atoms with Crippen LogP contribution in [-0.2, 0) is 5.41 Å². The SMILES string of the molecule is CC(C)(C)c1ccc(Cl)s1. The zero-order chi connectivity index (χ0) is 7.78. The third-order valence-electron chi connectivity index (χ3n) is 1.31. The first-order valence-electron chi connectivity index (χ1n) is 3.26. The molecule has 0 atom stereocenters. The molecule has 1 aromatic heterocycles. The fourth-order valence-corrected chi connectivity index (χ4v) is 1.82. The van der Waals surface area contributed by atoms with Gasteiger partial charge in [-0.25, -0.2) is 0 Å². The van der Waals surface area contributed by atoms with Gasteiger partial charge in [-0.05, 0) is 17.5 Å². The summed E-state index contributed by atoms with van der Waals surface area (Å²) in [5.41, 5.74) is 0.248. The smallest absolute Gasteiger partial charge is 0.0931 e. The second-order valence-electron chi connectivity index (χ2n) is 3.35. The van der Waals surface area contributed by atoms with Crippen molar-refractivity contribution in [1.82, 2.24) is 0 Å². The maximum absolute atomic E-state index is 5.78. The maximum Gasteiger partial charge on any atom is 0.0931 e. The quantitative estimate of drug-likeness (QED) is 0.563. The molecular formula is C8H11ClS. The predicted octanol–water partition coefficient (Wildman–Crippen LogP) is 3.70. The van der Waals surface area contributed by atoms with Gasteiger partial charge in [-0.15, -0.1) is 11.3 Å². The van der Waals surface area contributed by atoms with E-state index in [4.69, 9.17) is 11.6 Å². The maximum atomic E-state index is 5.78. The van der Waals surface area contributed by atoms with Crippen LogP contribution < -0.4 is 0 Å². The van der Waals surface area contributed by atoms with Crippen LogP contribution in [0.3, 0.4) is 0 Å². The molecule has 0 amide bonds. The molecule has 0 aliphatic carbocycles. The van der Waals surface area contributed by atoms with Gasteiger partial charge in [0, 0.05) is 4.88 Å². The largest absolute Gasteiger partial charge is 0.128 e. The lowest BCUT2D eigenvalue weighted by Gasteiger charge is -2.14. The summed E-state index contributed by atoms with van der Waals surface area (Å²) in [5.74, 6) is 0. The highest BCUT2D eigenvalue weighted by Gasteiger charge is 2.14. The second kappa shape index (κ2) is 2.55. The Labute approximate surface area is 70.8 Å². The van der Waals surface area contributed by atoms with Crippen LogP contribution in [0.4, 0.5) is 0 Å². The molecule has 1 rings (SSSR count). The highest BCUT2D eigenvalue weighted by atomic mass is 35.5. The molecule has 0 aliphatic rings. The topological polar surface area (TPSA) is 0 Å². The van der Waals surface area contributed by atoms with Crippen LogP contribution in [-0.4, -0.2) is 0 Å². The van der Waals surface area contributed by atoms with Crippen molar-refractivity contribution in [1.29, 1.82) is 0 Å². The van der Waals surface area contributed by atoms with E-state index < -0.39 is 0 Å². The van der Waals surface area contributed by atoms with Gasteiger partial charge in [0.05, 0.1) is 4.34 Å². The zero-order valence-electron chi connectivity index (χ0n) is 6.44. The van der Waals surface area contributed by atoms with Gasteiger partial charge in [0.2, 0.25) is 0 Å². The van der Waals surface area contributed by atoms with E-state index in [1.54, 1.807) is 11.3 Å². The minimum absolute atomic E-state index is 0.248. The highest BCUT2D eigenvalue weighted by Crippen LogP contribution is 2.31. The molecule has 2 heteroatoms. The van der Waals surface area contributed by atoms with E-state index >= 15 is 0 Å². The highest BCUT2D eigenvalue weighted by molar-refractivity contribution is 7.16. The van der Waals surface area contributed by atoms with Crippen LogP contribution in [0.2, 0.25) is 4.34 Å². The molecule has 10 heavy (non-hydrogen) atoms. The van der Waals surface area contributed by atoms with E-state index in [1.807, 2.05) is 6.07 Å². The van der Waals surface area contributed by atoms with Gasteiger partial charge in [-0.1, -0.05) is 32.4 Å². The Balaban J connectivity index is 2.96. The lowest BCUT2D eigenvalue weighted by atomic mass is 9.95. The standard InChI is InChI=1S/C8H11ClS/c1-8(2,3)6-4-5-7(9)10-6/h4-5H,1-3H3. The second-order valence-corrected chi connectivity index (χ2v) is 5.07. The van der Waals surface area contributed by atoms with Crippen LogP contribution in [0.15, 0.2) is 12.1 Å². The van der Waals surface area contributed by atoms with Crippen LogP contribution in [0, 0.1) is 0 Å². The van der Waals surface area contributed by atoms with Crippen molar-refractivity contribution in [2.75, 3.05) is 0 Å². The van der Waals surface area contributed by atoms with Crippen LogP contribution in [0.1, 0.15) is 25.6 Å². The van der Waals surface area contributed by atoms with Crippen molar-refractivity contribution < 1.29 is 0 Å². The Kier molecular flexibility index (Phi) is 2.07. The Morgan fingerprint density at radius 3 is 2.10 bits per heavy atom. The molecule has 0 N–H and O–H groups in total. The molecule has 0 saturated heterocycles. The van der Waals surface area contributed by atoms with Gasteiger partial charge in [-0.2, -0.15) is 0 Å². The Morgan fingerprint density at radius 1 is 1.30 bits per heavy atom. The average molecular weight is 175 g/mol. The lowest BCUT2D eigenvalue weighted by molar-refractivity contribution is 0.604. The molecule has 0 fully saturated rings. The van der Waals surface area contributed by atoms with Gasteiger partial charge < -0.3 is 0 Å². The van der Waals surface area contributed by atoms with Crippen molar-refractivity contribution in [3.05, 3.63) is 21.3 Å². The summed E-state index contributed by atoms with van der Waals surface area (Å²) in [4.78, 5) is 1.34. The van der Waals surface area contributed by atoms with Crippen LogP contribution >= 0.6 is 22.9 Å². The number of hydrogen-bond acceptors (Lipinski definition) is 1. The third kappa shape index (κ3) is 1.74. The molecular weight excluding hydrogens is 164 g/mol. The Morgan fingerprint density at radius 2 is 1.90 bits per heavy atom. The summed E-state index contributed by atoms with van der Waals surface area (Å²) in [6.07, 6.45) is 0. The van der Waals surface area contributed by atoms with Crippen LogP contribution in [0.5, 0.6) is 0 Å². The van der Waals surface area contributed by atoms with Crippen LogP contribution in [0.25, 0.3) is 0 Å². The monoisotopic (exact) mass is 174 g/mol. The molecule has 56 valence electrons. The first-order chi connectivity index (χ1) is 4.50. The van der Waals surface area contributed by atoms with E-state index in [0.717, 1.165) is 4.34 Å². The van der Waals surface area contributed by atoms with E-state index in [9.17, 15) is 0 Å². The summed E-state index contributed by atoms with van der Waals surface area (Å²) in [5, 5.41) is 0. The van der Waals surface area contributed by atoms with Crippen molar-refractivity contribution in [2.24, 2.45) is 0 Å².